The number of halogens is 1. The average Bonchev–Trinajstić information content (AvgIpc) is 2.83. The second-order valence-electron chi connectivity index (χ2n) is 5.23. The van der Waals surface area contributed by atoms with Crippen molar-refractivity contribution in [3.63, 3.8) is 0 Å². The van der Waals surface area contributed by atoms with Gasteiger partial charge in [-0.1, -0.05) is 25.4 Å². The van der Waals surface area contributed by atoms with E-state index >= 15 is 0 Å². The molecule has 0 amide bonds. The van der Waals surface area contributed by atoms with Gasteiger partial charge in [-0.25, -0.2) is 0 Å². The highest BCUT2D eigenvalue weighted by Gasteiger charge is 2.27. The molecule has 0 aromatic carbocycles. The van der Waals surface area contributed by atoms with Crippen LogP contribution in [0.2, 0.25) is 5.02 Å². The number of hydrogen-bond acceptors (Lipinski definition) is 4. The Balaban J connectivity index is 2.17. The summed E-state index contributed by atoms with van der Waals surface area (Å²) in [5, 5.41) is 9.02. The number of thioether (sulfide) groups is 1. The van der Waals surface area contributed by atoms with Gasteiger partial charge < -0.3 is 10.1 Å². The molecule has 1 fully saturated rings. The van der Waals surface area contributed by atoms with E-state index in [0.29, 0.717) is 6.04 Å². The van der Waals surface area contributed by atoms with E-state index in [1.165, 1.54) is 0 Å². The second kappa shape index (κ2) is 8.42. The molecule has 21 heavy (non-hydrogen) atoms. The molecule has 2 atom stereocenters. The van der Waals surface area contributed by atoms with E-state index in [0.717, 1.165) is 60.5 Å². The summed E-state index contributed by atoms with van der Waals surface area (Å²) in [6.07, 6.45) is 2.00. The topological polar surface area (TPSA) is 39.1 Å². The van der Waals surface area contributed by atoms with E-state index in [2.05, 4.69) is 31.2 Å². The minimum atomic E-state index is 0.255. The monoisotopic (exact) mass is 331 g/mol. The van der Waals surface area contributed by atoms with Crippen molar-refractivity contribution < 1.29 is 4.74 Å². The van der Waals surface area contributed by atoms with E-state index in [-0.39, 0.29) is 6.10 Å². The first kappa shape index (κ1) is 17.1. The maximum Gasteiger partial charge on any atom is 0.0850 e. The summed E-state index contributed by atoms with van der Waals surface area (Å²) in [5.41, 5.74) is 2.14. The van der Waals surface area contributed by atoms with Gasteiger partial charge >= 0.3 is 0 Å². The summed E-state index contributed by atoms with van der Waals surface area (Å²) in [5.74, 6) is 2.15. The first-order valence-corrected chi connectivity index (χ1v) is 9.41. The Kier molecular flexibility index (Phi) is 6.86. The van der Waals surface area contributed by atoms with Crippen LogP contribution in [-0.4, -0.2) is 46.6 Å². The lowest BCUT2D eigenvalue weighted by atomic mass is 10.1. The number of aromatic nitrogens is 2. The van der Waals surface area contributed by atoms with Gasteiger partial charge in [0, 0.05) is 30.5 Å². The molecule has 2 unspecified atom stereocenters. The summed E-state index contributed by atoms with van der Waals surface area (Å²) in [7, 11) is 0. The Morgan fingerprint density at radius 1 is 1.48 bits per heavy atom. The Morgan fingerprint density at radius 2 is 2.29 bits per heavy atom. The minimum absolute atomic E-state index is 0.255. The van der Waals surface area contributed by atoms with E-state index in [9.17, 15) is 0 Å². The zero-order valence-electron chi connectivity index (χ0n) is 13.2. The van der Waals surface area contributed by atoms with Gasteiger partial charge in [0.15, 0.2) is 0 Å². The van der Waals surface area contributed by atoms with Crippen molar-refractivity contribution in [1.29, 1.82) is 0 Å². The van der Waals surface area contributed by atoms with Crippen LogP contribution < -0.4 is 5.32 Å². The summed E-state index contributed by atoms with van der Waals surface area (Å²) in [6, 6.07) is 0.298. The molecule has 1 aliphatic rings. The molecule has 2 heterocycles. The number of likely N-dealkylation sites (N-methyl/N-ethyl adjacent to an activating group) is 1. The Morgan fingerprint density at radius 3 is 2.86 bits per heavy atom. The lowest BCUT2D eigenvalue weighted by Gasteiger charge is -2.31. The van der Waals surface area contributed by atoms with Crippen molar-refractivity contribution in [1.82, 2.24) is 15.1 Å². The number of aryl methyl sites for hydroxylation is 2. The lowest BCUT2D eigenvalue weighted by molar-refractivity contribution is 0.0471. The Bertz CT molecular complexity index is 446. The van der Waals surface area contributed by atoms with Crippen molar-refractivity contribution in [2.45, 2.75) is 52.3 Å². The fourth-order valence-electron chi connectivity index (χ4n) is 2.76. The third-order valence-corrected chi connectivity index (χ3v) is 5.32. The van der Waals surface area contributed by atoms with Crippen LogP contribution in [0.4, 0.5) is 0 Å². The number of nitrogens with zero attached hydrogens (tertiary/aromatic N) is 2. The molecule has 1 aromatic heterocycles. The van der Waals surface area contributed by atoms with Crippen molar-refractivity contribution in [2.24, 2.45) is 0 Å². The zero-order chi connectivity index (χ0) is 15.2. The van der Waals surface area contributed by atoms with E-state index < -0.39 is 0 Å². The molecule has 0 spiro atoms. The highest BCUT2D eigenvalue weighted by molar-refractivity contribution is 7.99. The minimum Gasteiger partial charge on any atom is -0.375 e. The molecule has 120 valence electrons. The molecule has 1 saturated heterocycles. The third-order valence-electron chi connectivity index (χ3n) is 3.86. The van der Waals surface area contributed by atoms with Crippen LogP contribution in [0.1, 0.15) is 32.2 Å². The first-order chi connectivity index (χ1) is 10.2. The van der Waals surface area contributed by atoms with Gasteiger partial charge in [0.2, 0.25) is 0 Å². The molecule has 1 aromatic rings. The van der Waals surface area contributed by atoms with Crippen molar-refractivity contribution >= 4 is 23.4 Å². The van der Waals surface area contributed by atoms with Gasteiger partial charge in [0.05, 0.1) is 29.1 Å². The summed E-state index contributed by atoms with van der Waals surface area (Å²) in [4.78, 5) is 0. The van der Waals surface area contributed by atoms with Crippen molar-refractivity contribution in [2.75, 3.05) is 24.7 Å². The molecule has 0 aliphatic carbocycles. The van der Waals surface area contributed by atoms with E-state index in [1.54, 1.807) is 0 Å². The fourth-order valence-corrected chi connectivity index (χ4v) is 4.04. The molecule has 4 nitrogen and oxygen atoms in total. The van der Waals surface area contributed by atoms with Gasteiger partial charge in [-0.3, -0.25) is 4.68 Å². The van der Waals surface area contributed by atoms with Crippen LogP contribution in [-0.2, 0) is 24.1 Å². The molecular formula is C15H26ClN3OS. The zero-order valence-corrected chi connectivity index (χ0v) is 14.8. The van der Waals surface area contributed by atoms with Gasteiger partial charge in [-0.2, -0.15) is 16.9 Å². The summed E-state index contributed by atoms with van der Waals surface area (Å²) < 4.78 is 8.00. The average molecular weight is 332 g/mol. The molecule has 0 saturated carbocycles. The summed E-state index contributed by atoms with van der Waals surface area (Å²) >= 11 is 8.51. The normalized spacial score (nSPS) is 20.7. The van der Waals surface area contributed by atoms with Gasteiger partial charge in [-0.15, -0.1) is 0 Å². The Hall–Kier alpha value is -0.230. The van der Waals surface area contributed by atoms with Crippen LogP contribution in [0.5, 0.6) is 0 Å². The molecule has 6 heteroatoms. The first-order valence-electron chi connectivity index (χ1n) is 7.87. The van der Waals surface area contributed by atoms with Crippen LogP contribution >= 0.6 is 23.4 Å². The van der Waals surface area contributed by atoms with Crippen LogP contribution in [0.3, 0.4) is 0 Å². The molecule has 1 aliphatic heterocycles. The van der Waals surface area contributed by atoms with Crippen LogP contribution in [0.25, 0.3) is 0 Å². The number of hydrogen-bond donors (Lipinski definition) is 1. The van der Waals surface area contributed by atoms with Crippen molar-refractivity contribution in [3.05, 3.63) is 16.4 Å². The van der Waals surface area contributed by atoms with Gasteiger partial charge in [-0.05, 0) is 19.9 Å². The summed E-state index contributed by atoms with van der Waals surface area (Å²) in [6.45, 7) is 8.99. The van der Waals surface area contributed by atoms with Crippen molar-refractivity contribution in [3.8, 4) is 0 Å². The molecule has 0 bridgehead atoms. The lowest BCUT2D eigenvalue weighted by Crippen LogP contribution is -2.46. The molecule has 2 rings (SSSR count). The quantitative estimate of drug-likeness (QED) is 0.834. The highest BCUT2D eigenvalue weighted by atomic mass is 35.5. The molecule has 0 radical (unpaired) electrons. The SMILES string of the molecule is CCNC(Cc1c(Cl)c(CC)nn1CC)C1CSCCO1. The molecule has 1 N–H and O–H groups in total. The smallest absolute Gasteiger partial charge is 0.0850 e. The molecular weight excluding hydrogens is 306 g/mol. The van der Waals surface area contributed by atoms with Gasteiger partial charge in [0.25, 0.3) is 0 Å². The van der Waals surface area contributed by atoms with E-state index in [1.807, 2.05) is 16.4 Å². The third kappa shape index (κ3) is 4.15. The van der Waals surface area contributed by atoms with Crippen LogP contribution in [0, 0.1) is 0 Å². The predicted molar refractivity (Wildman–Crippen MR) is 90.5 cm³/mol. The predicted octanol–water partition coefficient (Wildman–Crippen LogP) is 2.77. The Labute approximate surface area is 137 Å². The number of ether oxygens (including phenoxy) is 1. The maximum absolute atomic E-state index is 6.53. The standard InChI is InChI=1S/C15H26ClN3OS/c1-4-11-15(16)13(19(6-3)18-11)9-12(17-5-2)14-10-21-8-7-20-14/h12,14,17H,4-10H2,1-3H3. The fraction of sp³-hybridized carbons (Fsp3) is 0.800. The van der Waals surface area contributed by atoms with E-state index in [4.69, 9.17) is 16.3 Å². The van der Waals surface area contributed by atoms with Gasteiger partial charge in [0.1, 0.15) is 0 Å². The maximum atomic E-state index is 6.53. The second-order valence-corrected chi connectivity index (χ2v) is 6.76. The largest absolute Gasteiger partial charge is 0.375 e. The number of rotatable bonds is 7. The number of nitrogens with one attached hydrogen (secondary N) is 1. The van der Waals surface area contributed by atoms with Crippen LogP contribution in [0.15, 0.2) is 0 Å². The highest BCUT2D eigenvalue weighted by Crippen LogP contribution is 2.25.